The largest absolute Gasteiger partial charge is 0.317 e. The Morgan fingerprint density at radius 1 is 0.607 bits per heavy atom. The summed E-state index contributed by atoms with van der Waals surface area (Å²) in [7, 11) is 0. The lowest BCUT2D eigenvalue weighted by Crippen LogP contribution is -2.25. The second kappa shape index (κ2) is 25.3. The lowest BCUT2D eigenvalue weighted by molar-refractivity contribution is 0.482. The van der Waals surface area contributed by atoms with Gasteiger partial charge in [0.05, 0.1) is 0 Å². The highest BCUT2D eigenvalue weighted by Gasteiger charge is 1.97. The van der Waals surface area contributed by atoms with Crippen LogP contribution in [-0.2, 0) is 0 Å². The normalized spacial score (nSPS) is 12.5. The Kier molecular flexibility index (Phi) is 25.5. The first kappa shape index (κ1) is 28.2. The molecule has 0 amide bonds. The molecule has 0 heterocycles. The summed E-state index contributed by atoms with van der Waals surface area (Å²) in [6.45, 7) is 12.6. The smallest absolute Gasteiger partial charge is 0.00786 e. The van der Waals surface area contributed by atoms with Crippen LogP contribution in [0.2, 0.25) is 0 Å². The maximum absolute atomic E-state index is 3.55. The third-order valence-corrected chi connectivity index (χ3v) is 6.45. The third-order valence-electron chi connectivity index (χ3n) is 5.55. The number of hydrogen-bond acceptors (Lipinski definition) is 4. The Balaban J connectivity index is 3.00. The average molecular weight is 416 g/mol. The van der Waals surface area contributed by atoms with Gasteiger partial charge in [-0.1, -0.05) is 96.9 Å². The molecule has 0 bridgehead atoms. The van der Waals surface area contributed by atoms with Gasteiger partial charge in [-0.05, 0) is 57.8 Å². The summed E-state index contributed by atoms with van der Waals surface area (Å²) >= 11 is 1.92. The van der Waals surface area contributed by atoms with Gasteiger partial charge in [-0.3, -0.25) is 4.72 Å². The zero-order valence-electron chi connectivity index (χ0n) is 19.6. The number of rotatable bonds is 24. The van der Waals surface area contributed by atoms with Gasteiger partial charge in [-0.15, -0.1) is 0 Å². The van der Waals surface area contributed by atoms with Crippen LogP contribution in [0.1, 0.15) is 111 Å². The van der Waals surface area contributed by atoms with Crippen molar-refractivity contribution in [1.82, 2.24) is 15.4 Å². The fourth-order valence-corrected chi connectivity index (χ4v) is 4.01. The number of unbranched alkanes of at least 4 members (excludes halogenated alkanes) is 9. The maximum atomic E-state index is 3.55. The van der Waals surface area contributed by atoms with Crippen LogP contribution in [0.5, 0.6) is 0 Å². The molecule has 4 heteroatoms. The molecule has 0 aromatic carbocycles. The third kappa shape index (κ3) is 24.3. The Labute approximate surface area is 182 Å². The SMILES string of the molecule is CCCCCCCCCCCCSNCCCNCCCNCCC(C)CC. The minimum Gasteiger partial charge on any atom is -0.317 e. The number of nitrogens with one attached hydrogen (secondary N) is 3. The predicted molar refractivity (Wildman–Crippen MR) is 131 cm³/mol. The molecule has 0 saturated carbocycles. The quantitative estimate of drug-likeness (QED) is 0.123. The van der Waals surface area contributed by atoms with Crippen molar-refractivity contribution in [2.75, 3.05) is 38.5 Å². The maximum Gasteiger partial charge on any atom is 0.00786 e. The molecule has 0 aliphatic rings. The summed E-state index contributed by atoms with van der Waals surface area (Å²) in [5.74, 6) is 2.13. The van der Waals surface area contributed by atoms with E-state index in [4.69, 9.17) is 0 Å². The van der Waals surface area contributed by atoms with Crippen LogP contribution < -0.4 is 15.4 Å². The zero-order chi connectivity index (χ0) is 20.5. The van der Waals surface area contributed by atoms with Gasteiger partial charge >= 0.3 is 0 Å². The Hall–Kier alpha value is 0.230. The molecule has 0 aliphatic heterocycles. The average Bonchev–Trinajstić information content (AvgIpc) is 2.71. The topological polar surface area (TPSA) is 36.1 Å². The Morgan fingerprint density at radius 2 is 1.14 bits per heavy atom. The van der Waals surface area contributed by atoms with Gasteiger partial charge in [0.2, 0.25) is 0 Å². The molecule has 1 unspecified atom stereocenters. The minimum absolute atomic E-state index is 0.862. The van der Waals surface area contributed by atoms with Crippen LogP contribution in [0.15, 0.2) is 0 Å². The summed E-state index contributed by atoms with van der Waals surface area (Å²) in [6.07, 6.45) is 19.3. The summed E-state index contributed by atoms with van der Waals surface area (Å²) in [6, 6.07) is 0. The molecule has 0 fully saturated rings. The standard InChI is InChI=1S/C24H53N3S/c1-4-6-7-8-9-10-11-12-13-14-23-28-27-21-16-20-25-18-15-19-26-22-17-24(3)5-2/h24-27H,4-23H2,1-3H3. The van der Waals surface area contributed by atoms with Crippen LogP contribution >= 0.6 is 11.9 Å². The van der Waals surface area contributed by atoms with Crippen molar-refractivity contribution in [3.05, 3.63) is 0 Å². The molecule has 170 valence electrons. The van der Waals surface area contributed by atoms with Gasteiger partial charge in [-0.2, -0.15) is 0 Å². The van der Waals surface area contributed by atoms with Crippen molar-refractivity contribution >= 4 is 11.9 Å². The van der Waals surface area contributed by atoms with Crippen LogP contribution in [0.3, 0.4) is 0 Å². The fourth-order valence-electron chi connectivity index (χ4n) is 3.23. The fraction of sp³-hybridized carbons (Fsp3) is 1.00. The van der Waals surface area contributed by atoms with E-state index in [2.05, 4.69) is 36.1 Å². The van der Waals surface area contributed by atoms with E-state index in [1.807, 2.05) is 11.9 Å². The van der Waals surface area contributed by atoms with Gasteiger partial charge in [0.25, 0.3) is 0 Å². The van der Waals surface area contributed by atoms with E-state index in [1.165, 1.54) is 102 Å². The highest BCUT2D eigenvalue weighted by Crippen LogP contribution is 2.11. The predicted octanol–water partition coefficient (Wildman–Crippen LogP) is 6.54. The molecule has 1 atom stereocenters. The highest BCUT2D eigenvalue weighted by molar-refractivity contribution is 7.97. The molecule has 3 N–H and O–H groups in total. The molecule has 0 aromatic heterocycles. The van der Waals surface area contributed by atoms with Gasteiger partial charge in [0.1, 0.15) is 0 Å². The van der Waals surface area contributed by atoms with E-state index in [0.717, 1.165) is 32.1 Å². The van der Waals surface area contributed by atoms with E-state index in [9.17, 15) is 0 Å². The van der Waals surface area contributed by atoms with Crippen LogP contribution in [0.4, 0.5) is 0 Å². The summed E-state index contributed by atoms with van der Waals surface area (Å²) in [5, 5.41) is 7.11. The molecule has 0 saturated heterocycles. The molecule has 0 aliphatic carbocycles. The minimum atomic E-state index is 0.862. The molecule has 3 nitrogen and oxygen atoms in total. The molecule has 0 spiro atoms. The lowest BCUT2D eigenvalue weighted by atomic mass is 10.1. The monoisotopic (exact) mass is 415 g/mol. The first-order valence-corrected chi connectivity index (χ1v) is 13.6. The van der Waals surface area contributed by atoms with Crippen molar-refractivity contribution < 1.29 is 0 Å². The van der Waals surface area contributed by atoms with Gasteiger partial charge in [0, 0.05) is 12.3 Å². The first-order chi connectivity index (χ1) is 13.8. The van der Waals surface area contributed by atoms with Crippen molar-refractivity contribution in [3.8, 4) is 0 Å². The second-order valence-corrected chi connectivity index (χ2v) is 9.42. The molecule has 28 heavy (non-hydrogen) atoms. The molecule has 0 aromatic rings. The van der Waals surface area contributed by atoms with E-state index in [1.54, 1.807) is 0 Å². The van der Waals surface area contributed by atoms with Gasteiger partial charge in [0.15, 0.2) is 0 Å². The van der Waals surface area contributed by atoms with Gasteiger partial charge in [-0.25, -0.2) is 0 Å². The van der Waals surface area contributed by atoms with Crippen LogP contribution in [0, 0.1) is 5.92 Å². The summed E-state index contributed by atoms with van der Waals surface area (Å²) in [5.41, 5.74) is 0. The summed E-state index contributed by atoms with van der Waals surface area (Å²) < 4.78 is 3.52. The van der Waals surface area contributed by atoms with Crippen LogP contribution in [-0.4, -0.2) is 38.5 Å². The zero-order valence-corrected chi connectivity index (χ0v) is 20.4. The Morgan fingerprint density at radius 3 is 1.75 bits per heavy atom. The number of hydrogen-bond donors (Lipinski definition) is 3. The molecule has 0 radical (unpaired) electrons. The van der Waals surface area contributed by atoms with Crippen molar-refractivity contribution in [1.29, 1.82) is 0 Å². The molecule has 0 rings (SSSR count). The van der Waals surface area contributed by atoms with Crippen molar-refractivity contribution in [2.45, 2.75) is 111 Å². The second-order valence-electron chi connectivity index (χ2n) is 8.43. The molecular weight excluding hydrogens is 362 g/mol. The summed E-state index contributed by atoms with van der Waals surface area (Å²) in [4.78, 5) is 0. The molecular formula is C24H53N3S. The van der Waals surface area contributed by atoms with Gasteiger partial charge < -0.3 is 10.6 Å². The van der Waals surface area contributed by atoms with Crippen molar-refractivity contribution in [2.24, 2.45) is 5.92 Å². The van der Waals surface area contributed by atoms with E-state index in [-0.39, 0.29) is 0 Å². The van der Waals surface area contributed by atoms with Crippen LogP contribution in [0.25, 0.3) is 0 Å². The van der Waals surface area contributed by atoms with Crippen molar-refractivity contribution in [3.63, 3.8) is 0 Å². The highest BCUT2D eigenvalue weighted by atomic mass is 32.2. The van der Waals surface area contributed by atoms with E-state index < -0.39 is 0 Å². The Bertz CT molecular complexity index is 277. The first-order valence-electron chi connectivity index (χ1n) is 12.6. The lowest BCUT2D eigenvalue weighted by Gasteiger charge is -2.09. The van der Waals surface area contributed by atoms with E-state index >= 15 is 0 Å². The van der Waals surface area contributed by atoms with E-state index in [0.29, 0.717) is 0 Å².